The molecule has 0 saturated carbocycles. The average Bonchev–Trinajstić information content (AvgIpc) is 2.83. The van der Waals surface area contributed by atoms with Crippen molar-refractivity contribution in [3.05, 3.63) is 86.4 Å². The smallest absolute Gasteiger partial charge is 0.332 e. The van der Waals surface area contributed by atoms with Gasteiger partial charge in [-0.1, -0.05) is 11.6 Å². The molecule has 13 heteroatoms. The molecule has 0 unspecified atom stereocenters. The van der Waals surface area contributed by atoms with E-state index in [1.165, 1.54) is 31.6 Å². The number of nitrogens with one attached hydrogen (secondary N) is 3. The van der Waals surface area contributed by atoms with Gasteiger partial charge in [0.2, 0.25) is 11.7 Å². The zero-order valence-electron chi connectivity index (χ0n) is 17.8. The molecule has 0 fully saturated rings. The molecule has 0 radical (unpaired) electrons. The van der Waals surface area contributed by atoms with Crippen molar-refractivity contribution in [1.82, 2.24) is 19.5 Å². The van der Waals surface area contributed by atoms with Crippen molar-refractivity contribution >= 4 is 51.8 Å². The number of methoxy groups -OCH3 is 1. The summed E-state index contributed by atoms with van der Waals surface area (Å²) in [6.45, 7) is 0. The Kier molecular flexibility index (Phi) is 6.55. The molecule has 2 heterocycles. The van der Waals surface area contributed by atoms with Crippen LogP contribution in [0.1, 0.15) is 0 Å². The van der Waals surface area contributed by atoms with Gasteiger partial charge in [-0.05, 0) is 24.3 Å². The molecular weight excluding hydrogens is 486 g/mol. The first-order chi connectivity index (χ1) is 16.7. The summed E-state index contributed by atoms with van der Waals surface area (Å²) in [5.41, 5.74) is -0.891. The molecule has 4 aromatic rings. The number of hydrogen-bond acceptors (Lipinski definition) is 7. The Labute approximate surface area is 199 Å². The van der Waals surface area contributed by atoms with E-state index in [0.717, 1.165) is 12.3 Å². The van der Waals surface area contributed by atoms with Crippen LogP contribution in [0.4, 0.5) is 26.0 Å². The van der Waals surface area contributed by atoms with E-state index in [1.807, 2.05) is 0 Å². The summed E-state index contributed by atoms with van der Waals surface area (Å²) < 4.78 is 32.9. The Morgan fingerprint density at radius 3 is 2.71 bits per heavy atom. The topological polar surface area (TPSA) is 131 Å². The van der Waals surface area contributed by atoms with E-state index in [-0.39, 0.29) is 16.5 Å². The van der Waals surface area contributed by atoms with Crippen molar-refractivity contribution in [3.63, 3.8) is 0 Å². The molecule has 10 nitrogen and oxygen atoms in total. The second-order valence-corrected chi connectivity index (χ2v) is 7.40. The molecule has 35 heavy (non-hydrogen) atoms. The number of ether oxygens (including phenoxy) is 1. The Morgan fingerprint density at radius 1 is 1.17 bits per heavy atom. The van der Waals surface area contributed by atoms with Crippen molar-refractivity contribution in [1.29, 1.82) is 0 Å². The molecule has 0 bridgehead atoms. The maximum absolute atomic E-state index is 13.5. The van der Waals surface area contributed by atoms with Crippen LogP contribution in [0.5, 0.6) is 5.75 Å². The van der Waals surface area contributed by atoms with Gasteiger partial charge >= 0.3 is 5.69 Å². The number of benzene rings is 2. The highest BCUT2D eigenvalue weighted by Gasteiger charge is 2.13. The Balaban J connectivity index is 1.65. The highest BCUT2D eigenvalue weighted by Crippen LogP contribution is 2.33. The number of nitrogens with zero attached hydrogens (tertiary/aromatic N) is 3. The number of halogens is 3. The normalized spacial score (nSPS) is 11.1. The van der Waals surface area contributed by atoms with E-state index in [4.69, 9.17) is 16.3 Å². The number of aromatic amines is 1. The largest absolute Gasteiger partial charge is 0.494 e. The molecule has 2 aromatic heterocycles. The monoisotopic (exact) mass is 500 g/mol. The molecule has 1 amide bonds. The first kappa shape index (κ1) is 23.6. The van der Waals surface area contributed by atoms with Crippen LogP contribution >= 0.6 is 11.6 Å². The lowest BCUT2D eigenvalue weighted by atomic mass is 10.2. The third-order valence-electron chi connectivity index (χ3n) is 4.71. The Morgan fingerprint density at radius 2 is 1.97 bits per heavy atom. The van der Waals surface area contributed by atoms with Crippen LogP contribution in [0.25, 0.3) is 17.1 Å². The van der Waals surface area contributed by atoms with Crippen LogP contribution in [0.3, 0.4) is 0 Å². The second-order valence-electron chi connectivity index (χ2n) is 6.99. The number of carbonyl (C=O) groups is 1. The van der Waals surface area contributed by atoms with Gasteiger partial charge in [-0.25, -0.2) is 19.2 Å². The summed E-state index contributed by atoms with van der Waals surface area (Å²) in [5, 5.41) is 6.03. The maximum Gasteiger partial charge on any atom is 0.332 e. The number of H-pyrrole nitrogens is 1. The lowest BCUT2D eigenvalue weighted by Gasteiger charge is -2.13. The van der Waals surface area contributed by atoms with Crippen molar-refractivity contribution in [2.24, 2.45) is 0 Å². The molecule has 0 aliphatic carbocycles. The van der Waals surface area contributed by atoms with E-state index in [2.05, 4.69) is 20.6 Å². The van der Waals surface area contributed by atoms with Gasteiger partial charge in [0.05, 0.1) is 29.5 Å². The van der Waals surface area contributed by atoms with Crippen molar-refractivity contribution < 1.29 is 18.3 Å². The van der Waals surface area contributed by atoms with Crippen molar-refractivity contribution in [2.45, 2.75) is 0 Å². The summed E-state index contributed by atoms with van der Waals surface area (Å²) in [6, 6.07) is 7.20. The number of fused-ring (bicyclic) bond motifs is 1. The standard InChI is InChI=1S/C22H15ClF2N6O4/c1-35-18-8-16-12(20(27-10-26-16)28-11-2-3-14(24)13(23)6-11)7-17(18)29-19(32)4-5-31-9-15(25)21(33)30-22(31)34/h2-10H,1H3,(H,29,32)(H,26,27,28)(H,30,33,34)/b5-4+. The minimum absolute atomic E-state index is 0.0729. The number of hydrogen-bond donors (Lipinski definition) is 3. The van der Waals surface area contributed by atoms with Crippen molar-refractivity contribution in [3.8, 4) is 5.75 Å². The van der Waals surface area contributed by atoms with Crippen LogP contribution < -0.4 is 26.6 Å². The number of anilines is 3. The van der Waals surface area contributed by atoms with Gasteiger partial charge < -0.3 is 15.4 Å². The lowest BCUT2D eigenvalue weighted by Crippen LogP contribution is -2.29. The predicted octanol–water partition coefficient (Wildman–Crippen LogP) is 3.27. The number of aromatic nitrogens is 4. The van der Waals surface area contributed by atoms with E-state index in [9.17, 15) is 23.2 Å². The number of amides is 1. The van der Waals surface area contributed by atoms with E-state index in [0.29, 0.717) is 33.2 Å². The molecule has 0 saturated heterocycles. The predicted molar refractivity (Wildman–Crippen MR) is 126 cm³/mol. The van der Waals surface area contributed by atoms with Gasteiger partial charge in [-0.15, -0.1) is 0 Å². The molecule has 3 N–H and O–H groups in total. The second kappa shape index (κ2) is 9.73. The van der Waals surface area contributed by atoms with Crippen LogP contribution in [0, 0.1) is 11.6 Å². The number of rotatable bonds is 6. The molecule has 0 aliphatic heterocycles. The van der Waals surface area contributed by atoms with Crippen LogP contribution in [-0.4, -0.2) is 32.5 Å². The highest BCUT2D eigenvalue weighted by molar-refractivity contribution is 6.31. The molecule has 2 aromatic carbocycles. The summed E-state index contributed by atoms with van der Waals surface area (Å²) in [4.78, 5) is 45.5. The third kappa shape index (κ3) is 5.17. The summed E-state index contributed by atoms with van der Waals surface area (Å²) in [5.74, 6) is -1.81. The molecule has 4 rings (SSSR count). The Hall–Kier alpha value is -4.58. The van der Waals surface area contributed by atoms with Crippen LogP contribution in [-0.2, 0) is 4.79 Å². The summed E-state index contributed by atoms with van der Waals surface area (Å²) in [7, 11) is 1.40. The van der Waals surface area contributed by atoms with E-state index in [1.54, 1.807) is 17.1 Å². The molecule has 178 valence electrons. The minimum atomic E-state index is -1.19. The molecule has 0 spiro atoms. The minimum Gasteiger partial charge on any atom is -0.494 e. The molecular formula is C22H15ClF2N6O4. The Bertz CT molecular complexity index is 1600. The molecule has 0 atom stereocenters. The van der Waals surface area contributed by atoms with Crippen molar-refractivity contribution in [2.75, 3.05) is 17.7 Å². The summed E-state index contributed by atoms with van der Waals surface area (Å²) >= 11 is 5.84. The summed E-state index contributed by atoms with van der Waals surface area (Å²) in [6.07, 6.45) is 3.92. The lowest BCUT2D eigenvalue weighted by molar-refractivity contribution is -0.111. The zero-order chi connectivity index (χ0) is 25.1. The van der Waals surface area contributed by atoms with Gasteiger partial charge in [0, 0.05) is 29.4 Å². The van der Waals surface area contributed by atoms with Gasteiger partial charge in [0.25, 0.3) is 5.56 Å². The highest BCUT2D eigenvalue weighted by atomic mass is 35.5. The fraction of sp³-hybridized carbons (Fsp3) is 0.0455. The number of carbonyl (C=O) groups excluding carboxylic acids is 1. The first-order valence-electron chi connectivity index (χ1n) is 9.80. The fourth-order valence-corrected chi connectivity index (χ4v) is 3.24. The maximum atomic E-state index is 13.5. The SMILES string of the molecule is COc1cc2ncnc(Nc3ccc(F)c(Cl)c3)c2cc1NC(=O)/C=C/n1cc(F)c(=O)[nH]c1=O. The van der Waals surface area contributed by atoms with Crippen LogP contribution in [0.15, 0.2) is 58.5 Å². The quantitative estimate of drug-likeness (QED) is 0.346. The molecule has 0 aliphatic rings. The first-order valence-corrected chi connectivity index (χ1v) is 10.2. The fourth-order valence-electron chi connectivity index (χ4n) is 3.05. The van der Waals surface area contributed by atoms with Gasteiger partial charge in [-0.2, -0.15) is 4.39 Å². The van der Waals surface area contributed by atoms with E-state index >= 15 is 0 Å². The van der Waals surface area contributed by atoms with Gasteiger partial charge in [-0.3, -0.25) is 19.1 Å². The average molecular weight is 501 g/mol. The third-order valence-corrected chi connectivity index (χ3v) is 5.00. The van der Waals surface area contributed by atoms with Gasteiger partial charge in [0.1, 0.15) is 23.7 Å². The van der Waals surface area contributed by atoms with E-state index < -0.39 is 28.8 Å². The van der Waals surface area contributed by atoms with Crippen LogP contribution in [0.2, 0.25) is 5.02 Å². The van der Waals surface area contributed by atoms with Gasteiger partial charge in [0.15, 0.2) is 0 Å². The zero-order valence-corrected chi connectivity index (χ0v) is 18.6.